The van der Waals surface area contributed by atoms with Crippen molar-refractivity contribution >= 4 is 34.2 Å². The molecular weight excluding hydrogens is 392 g/mol. The third-order valence-corrected chi connectivity index (χ3v) is 5.52. The van der Waals surface area contributed by atoms with E-state index in [0.29, 0.717) is 35.8 Å². The highest BCUT2D eigenvalue weighted by atomic mass is 32.1. The number of thiazole rings is 1. The fourth-order valence-electron chi connectivity index (χ4n) is 2.98. The Hall–Kier alpha value is -3.46. The molecule has 2 N–H and O–H groups in total. The van der Waals surface area contributed by atoms with Crippen molar-refractivity contribution in [2.45, 2.75) is 13.0 Å². The molecule has 4 rings (SSSR count). The molecule has 3 heterocycles. The molecule has 1 aliphatic heterocycles. The van der Waals surface area contributed by atoms with Gasteiger partial charge in [0.2, 0.25) is 5.91 Å². The van der Waals surface area contributed by atoms with Gasteiger partial charge in [0.1, 0.15) is 6.26 Å². The SMILES string of the molecule is O=C(NCC(=O)N1CCc2nc(NC(=O)c3ccoc3)sc2C1)c1ccccc1. The summed E-state index contributed by atoms with van der Waals surface area (Å²) in [6.45, 7) is 0.868. The summed E-state index contributed by atoms with van der Waals surface area (Å²) in [6.07, 6.45) is 3.40. The number of anilines is 1. The van der Waals surface area contributed by atoms with Gasteiger partial charge in [0.25, 0.3) is 11.8 Å². The number of carbonyl (C=O) groups excluding carboxylic acids is 3. The first-order valence-corrected chi connectivity index (χ1v) is 9.85. The molecule has 1 aliphatic rings. The Labute approximate surface area is 170 Å². The standard InChI is InChI=1S/C20H18N4O4S/c25-17(10-21-18(26)13-4-2-1-3-5-13)24-8-6-15-16(11-24)29-20(22-15)23-19(27)14-7-9-28-12-14/h1-5,7,9,12H,6,8,10-11H2,(H,21,26)(H,22,23,27). The number of hydrogen-bond acceptors (Lipinski definition) is 6. The second-order valence-corrected chi connectivity index (χ2v) is 7.55. The van der Waals surface area contributed by atoms with Crippen LogP contribution in [0.5, 0.6) is 0 Å². The van der Waals surface area contributed by atoms with Gasteiger partial charge in [-0.3, -0.25) is 19.7 Å². The molecule has 29 heavy (non-hydrogen) atoms. The molecule has 148 valence electrons. The minimum absolute atomic E-state index is 0.0635. The normalized spacial score (nSPS) is 12.9. The smallest absolute Gasteiger partial charge is 0.260 e. The largest absolute Gasteiger partial charge is 0.472 e. The average molecular weight is 410 g/mol. The summed E-state index contributed by atoms with van der Waals surface area (Å²) in [5, 5.41) is 5.90. The van der Waals surface area contributed by atoms with E-state index in [1.165, 1.54) is 23.9 Å². The number of furan rings is 1. The molecule has 0 radical (unpaired) electrons. The summed E-state index contributed by atoms with van der Waals surface area (Å²) in [5.41, 5.74) is 1.82. The minimum atomic E-state index is -0.290. The monoisotopic (exact) mass is 410 g/mol. The molecule has 0 bridgehead atoms. The predicted octanol–water partition coefficient (Wildman–Crippen LogP) is 2.30. The lowest BCUT2D eigenvalue weighted by Gasteiger charge is -2.26. The molecule has 2 aromatic heterocycles. The van der Waals surface area contributed by atoms with Crippen molar-refractivity contribution in [3.8, 4) is 0 Å². The first-order chi connectivity index (χ1) is 14.1. The van der Waals surface area contributed by atoms with E-state index in [1.54, 1.807) is 35.2 Å². The van der Waals surface area contributed by atoms with Gasteiger partial charge >= 0.3 is 0 Å². The van der Waals surface area contributed by atoms with Crippen molar-refractivity contribution in [3.05, 3.63) is 70.6 Å². The van der Waals surface area contributed by atoms with Crippen LogP contribution in [0.25, 0.3) is 0 Å². The van der Waals surface area contributed by atoms with Crippen LogP contribution in [-0.2, 0) is 17.8 Å². The Bertz CT molecular complexity index is 1030. The topological polar surface area (TPSA) is 105 Å². The van der Waals surface area contributed by atoms with Crippen LogP contribution in [0.1, 0.15) is 31.3 Å². The maximum Gasteiger partial charge on any atom is 0.260 e. The highest BCUT2D eigenvalue weighted by Crippen LogP contribution is 2.28. The summed E-state index contributed by atoms with van der Waals surface area (Å²) < 4.78 is 4.91. The van der Waals surface area contributed by atoms with E-state index >= 15 is 0 Å². The zero-order valence-corrected chi connectivity index (χ0v) is 16.2. The molecular formula is C20H18N4O4S. The number of aromatic nitrogens is 1. The Kier molecular flexibility index (Phi) is 5.39. The van der Waals surface area contributed by atoms with Crippen LogP contribution >= 0.6 is 11.3 Å². The van der Waals surface area contributed by atoms with E-state index in [0.717, 1.165) is 10.6 Å². The molecule has 0 aliphatic carbocycles. The Morgan fingerprint density at radius 2 is 1.93 bits per heavy atom. The Morgan fingerprint density at radius 1 is 1.10 bits per heavy atom. The first kappa shape index (κ1) is 18.9. The van der Waals surface area contributed by atoms with Gasteiger partial charge in [0, 0.05) is 23.4 Å². The minimum Gasteiger partial charge on any atom is -0.472 e. The lowest BCUT2D eigenvalue weighted by molar-refractivity contribution is -0.130. The van der Waals surface area contributed by atoms with Crippen LogP contribution in [-0.4, -0.2) is 40.7 Å². The number of nitrogens with one attached hydrogen (secondary N) is 2. The number of rotatable bonds is 5. The van der Waals surface area contributed by atoms with Crippen molar-refractivity contribution in [2.24, 2.45) is 0 Å². The second kappa shape index (κ2) is 8.27. The first-order valence-electron chi connectivity index (χ1n) is 9.03. The van der Waals surface area contributed by atoms with Gasteiger partial charge < -0.3 is 14.6 Å². The highest BCUT2D eigenvalue weighted by molar-refractivity contribution is 7.15. The summed E-state index contributed by atoms with van der Waals surface area (Å²) in [7, 11) is 0. The maximum atomic E-state index is 12.5. The lowest BCUT2D eigenvalue weighted by Crippen LogP contribution is -2.42. The van der Waals surface area contributed by atoms with Crippen molar-refractivity contribution in [2.75, 3.05) is 18.4 Å². The van der Waals surface area contributed by atoms with Gasteiger partial charge in [-0.25, -0.2) is 4.98 Å². The third kappa shape index (κ3) is 4.35. The average Bonchev–Trinajstić information content (AvgIpc) is 3.41. The van der Waals surface area contributed by atoms with Gasteiger partial charge in [0.05, 0.1) is 30.6 Å². The van der Waals surface area contributed by atoms with Crippen molar-refractivity contribution in [1.29, 1.82) is 0 Å². The van der Waals surface area contributed by atoms with Crippen LogP contribution in [0.3, 0.4) is 0 Å². The molecule has 0 fully saturated rings. The number of fused-ring (bicyclic) bond motifs is 1. The summed E-state index contributed by atoms with van der Waals surface area (Å²) in [6, 6.07) is 10.3. The zero-order valence-electron chi connectivity index (χ0n) is 15.4. The van der Waals surface area contributed by atoms with Crippen molar-refractivity contribution in [3.63, 3.8) is 0 Å². The fraction of sp³-hybridized carbons (Fsp3) is 0.200. The van der Waals surface area contributed by atoms with Gasteiger partial charge in [-0.15, -0.1) is 0 Å². The van der Waals surface area contributed by atoms with Crippen LogP contribution in [0.15, 0.2) is 53.3 Å². The summed E-state index contributed by atoms with van der Waals surface area (Å²) >= 11 is 1.35. The van der Waals surface area contributed by atoms with Crippen LogP contribution in [0.4, 0.5) is 5.13 Å². The number of nitrogens with zero attached hydrogens (tertiary/aromatic N) is 2. The fourth-order valence-corrected chi connectivity index (χ4v) is 4.00. The molecule has 0 unspecified atom stereocenters. The number of benzene rings is 1. The van der Waals surface area contributed by atoms with E-state index in [9.17, 15) is 14.4 Å². The Morgan fingerprint density at radius 3 is 2.69 bits per heavy atom. The maximum absolute atomic E-state index is 12.5. The van der Waals surface area contributed by atoms with Crippen molar-refractivity contribution in [1.82, 2.24) is 15.2 Å². The number of hydrogen-bond donors (Lipinski definition) is 2. The van der Waals surface area contributed by atoms with Gasteiger partial charge in [0.15, 0.2) is 5.13 Å². The predicted molar refractivity (Wildman–Crippen MR) is 107 cm³/mol. The molecule has 0 atom stereocenters. The van der Waals surface area contributed by atoms with Gasteiger partial charge in [-0.05, 0) is 18.2 Å². The van der Waals surface area contributed by atoms with Crippen LogP contribution < -0.4 is 10.6 Å². The van der Waals surface area contributed by atoms with E-state index < -0.39 is 0 Å². The zero-order chi connectivity index (χ0) is 20.2. The molecule has 0 spiro atoms. The molecule has 3 amide bonds. The molecule has 0 saturated heterocycles. The number of amides is 3. The molecule has 1 aromatic carbocycles. The lowest BCUT2D eigenvalue weighted by atomic mass is 10.2. The summed E-state index contributed by atoms with van der Waals surface area (Å²) in [4.78, 5) is 43.8. The van der Waals surface area contributed by atoms with E-state index in [2.05, 4.69) is 15.6 Å². The van der Waals surface area contributed by atoms with E-state index in [4.69, 9.17) is 4.42 Å². The molecule has 0 saturated carbocycles. The van der Waals surface area contributed by atoms with Crippen LogP contribution in [0, 0.1) is 0 Å². The quantitative estimate of drug-likeness (QED) is 0.672. The van der Waals surface area contributed by atoms with E-state index in [-0.39, 0.29) is 24.3 Å². The van der Waals surface area contributed by atoms with E-state index in [1.807, 2.05) is 6.07 Å². The third-order valence-electron chi connectivity index (χ3n) is 4.52. The Balaban J connectivity index is 1.33. The number of carbonyl (C=O) groups is 3. The molecule has 8 nitrogen and oxygen atoms in total. The highest BCUT2D eigenvalue weighted by Gasteiger charge is 2.25. The molecule has 3 aromatic rings. The van der Waals surface area contributed by atoms with Crippen LogP contribution in [0.2, 0.25) is 0 Å². The van der Waals surface area contributed by atoms with Crippen molar-refractivity contribution < 1.29 is 18.8 Å². The molecule has 9 heteroatoms. The van der Waals surface area contributed by atoms with Gasteiger partial charge in [-0.2, -0.15) is 0 Å². The summed E-state index contributed by atoms with van der Waals surface area (Å²) in [5.74, 6) is -0.725. The second-order valence-electron chi connectivity index (χ2n) is 6.47. The van der Waals surface area contributed by atoms with Gasteiger partial charge in [-0.1, -0.05) is 29.5 Å².